The Balaban J connectivity index is 1.73. The first kappa shape index (κ1) is 28.8. The fourth-order valence-corrected chi connectivity index (χ4v) is 4.70. The minimum absolute atomic E-state index is 0.0164. The van der Waals surface area contributed by atoms with Gasteiger partial charge >= 0.3 is 6.03 Å². The van der Waals surface area contributed by atoms with E-state index in [1.807, 2.05) is 54.5 Å². The van der Waals surface area contributed by atoms with Gasteiger partial charge in [-0.25, -0.2) is 4.79 Å². The van der Waals surface area contributed by atoms with Gasteiger partial charge in [-0.2, -0.15) is 0 Å². The van der Waals surface area contributed by atoms with E-state index in [0.717, 1.165) is 10.4 Å². The zero-order valence-corrected chi connectivity index (χ0v) is 23.5. The van der Waals surface area contributed by atoms with Crippen molar-refractivity contribution >= 4 is 29.0 Å². The SMILES string of the molecule is COc1ccc(NC(=O)N(CC(=O)N(CCc2ccc(OC)c(OC)c2)Cc2cccs2)CC(C)C)cc1. The first-order valence-corrected chi connectivity index (χ1v) is 13.4. The molecule has 1 N–H and O–H groups in total. The summed E-state index contributed by atoms with van der Waals surface area (Å²) in [4.78, 5) is 31.3. The quantitative estimate of drug-likeness (QED) is 0.309. The minimum Gasteiger partial charge on any atom is -0.497 e. The van der Waals surface area contributed by atoms with E-state index >= 15 is 0 Å². The van der Waals surface area contributed by atoms with Crippen LogP contribution in [0, 0.1) is 5.92 Å². The number of urea groups is 1. The van der Waals surface area contributed by atoms with Crippen LogP contribution >= 0.6 is 11.3 Å². The Labute approximate surface area is 229 Å². The number of benzene rings is 2. The van der Waals surface area contributed by atoms with E-state index in [-0.39, 0.29) is 24.4 Å². The zero-order chi connectivity index (χ0) is 27.5. The molecule has 0 saturated heterocycles. The van der Waals surface area contributed by atoms with Crippen LogP contribution in [-0.2, 0) is 17.8 Å². The predicted molar refractivity (Wildman–Crippen MR) is 151 cm³/mol. The van der Waals surface area contributed by atoms with E-state index in [1.54, 1.807) is 61.8 Å². The maximum Gasteiger partial charge on any atom is 0.322 e. The number of methoxy groups -OCH3 is 3. The molecule has 0 aliphatic carbocycles. The predicted octanol–water partition coefficient (Wildman–Crippen LogP) is 5.54. The smallest absolute Gasteiger partial charge is 0.322 e. The van der Waals surface area contributed by atoms with Crippen molar-refractivity contribution in [3.63, 3.8) is 0 Å². The van der Waals surface area contributed by atoms with Gasteiger partial charge in [-0.1, -0.05) is 26.0 Å². The Morgan fingerprint density at radius 3 is 2.26 bits per heavy atom. The summed E-state index contributed by atoms with van der Waals surface area (Å²) in [6.45, 7) is 5.48. The summed E-state index contributed by atoms with van der Waals surface area (Å²) >= 11 is 1.61. The molecule has 1 aromatic heterocycles. The van der Waals surface area contributed by atoms with Gasteiger partial charge in [-0.3, -0.25) is 4.79 Å². The van der Waals surface area contributed by atoms with Gasteiger partial charge < -0.3 is 29.3 Å². The number of nitrogens with zero attached hydrogens (tertiary/aromatic N) is 2. The van der Waals surface area contributed by atoms with Crippen LogP contribution in [0.1, 0.15) is 24.3 Å². The molecule has 0 spiro atoms. The van der Waals surface area contributed by atoms with E-state index < -0.39 is 0 Å². The summed E-state index contributed by atoms with van der Waals surface area (Å²) in [5, 5.41) is 4.91. The molecule has 0 aliphatic rings. The minimum atomic E-state index is -0.312. The van der Waals surface area contributed by atoms with Crippen molar-refractivity contribution in [2.45, 2.75) is 26.8 Å². The van der Waals surface area contributed by atoms with Crippen LogP contribution in [0.25, 0.3) is 0 Å². The van der Waals surface area contributed by atoms with Crippen molar-refractivity contribution in [2.24, 2.45) is 5.92 Å². The zero-order valence-electron chi connectivity index (χ0n) is 22.7. The average molecular weight is 540 g/mol. The van der Waals surface area contributed by atoms with E-state index in [0.29, 0.717) is 49.0 Å². The number of anilines is 1. The third-order valence-corrected chi connectivity index (χ3v) is 6.80. The highest BCUT2D eigenvalue weighted by molar-refractivity contribution is 7.09. The molecule has 9 heteroatoms. The van der Waals surface area contributed by atoms with E-state index in [4.69, 9.17) is 14.2 Å². The summed E-state index contributed by atoms with van der Waals surface area (Å²) in [5.74, 6) is 2.11. The maximum atomic E-state index is 13.6. The molecule has 3 amide bonds. The monoisotopic (exact) mass is 539 g/mol. The molecule has 0 saturated carbocycles. The standard InChI is InChI=1S/C29H37N3O5S/c1-21(2)18-32(29(34)30-23-9-11-24(35-3)12-10-23)20-28(33)31(19-25-7-6-16-38-25)15-14-22-8-13-26(36-4)27(17-22)37-5/h6-13,16-17,21H,14-15,18-20H2,1-5H3,(H,30,34). The van der Waals surface area contributed by atoms with Crippen LogP contribution in [0.4, 0.5) is 10.5 Å². The molecule has 0 radical (unpaired) electrons. The molecule has 0 unspecified atom stereocenters. The molecular formula is C29H37N3O5S. The summed E-state index contributed by atoms with van der Waals surface area (Å²) in [7, 11) is 4.80. The molecule has 0 fully saturated rings. The maximum absolute atomic E-state index is 13.6. The Hall–Kier alpha value is -3.72. The second-order valence-electron chi connectivity index (χ2n) is 9.27. The summed E-state index contributed by atoms with van der Waals surface area (Å²) in [5.41, 5.74) is 1.67. The number of thiophene rings is 1. The molecule has 0 atom stereocenters. The Morgan fingerprint density at radius 2 is 1.66 bits per heavy atom. The van der Waals surface area contributed by atoms with Gasteiger partial charge in [-0.15, -0.1) is 11.3 Å². The van der Waals surface area contributed by atoms with Crippen molar-refractivity contribution in [1.82, 2.24) is 9.80 Å². The van der Waals surface area contributed by atoms with Crippen molar-refractivity contribution in [3.05, 3.63) is 70.4 Å². The van der Waals surface area contributed by atoms with Crippen molar-refractivity contribution in [2.75, 3.05) is 46.3 Å². The molecule has 0 bridgehead atoms. The van der Waals surface area contributed by atoms with E-state index in [1.165, 1.54) is 0 Å². The average Bonchev–Trinajstić information content (AvgIpc) is 3.43. The van der Waals surface area contributed by atoms with Crippen LogP contribution in [0.2, 0.25) is 0 Å². The lowest BCUT2D eigenvalue weighted by atomic mass is 10.1. The number of hydrogen-bond acceptors (Lipinski definition) is 6. The van der Waals surface area contributed by atoms with Crippen molar-refractivity contribution in [3.8, 4) is 17.2 Å². The second kappa shape index (κ2) is 14.3. The summed E-state index contributed by atoms with van der Waals surface area (Å²) in [6.07, 6.45) is 0.639. The molecule has 8 nitrogen and oxygen atoms in total. The molecular weight excluding hydrogens is 502 g/mol. The Kier molecular flexibility index (Phi) is 10.8. The van der Waals surface area contributed by atoms with Gasteiger partial charge in [0.1, 0.15) is 12.3 Å². The topological polar surface area (TPSA) is 80.3 Å². The number of rotatable bonds is 13. The molecule has 3 rings (SSSR count). The first-order chi connectivity index (χ1) is 18.3. The molecule has 2 aromatic carbocycles. The van der Waals surface area contributed by atoms with Crippen LogP contribution in [0.5, 0.6) is 17.2 Å². The van der Waals surface area contributed by atoms with Crippen molar-refractivity contribution in [1.29, 1.82) is 0 Å². The molecule has 1 heterocycles. The number of ether oxygens (including phenoxy) is 3. The van der Waals surface area contributed by atoms with Gasteiger partial charge in [0.05, 0.1) is 27.9 Å². The van der Waals surface area contributed by atoms with Crippen molar-refractivity contribution < 1.29 is 23.8 Å². The highest BCUT2D eigenvalue weighted by atomic mass is 32.1. The molecule has 38 heavy (non-hydrogen) atoms. The van der Waals surface area contributed by atoms with Crippen LogP contribution in [0.3, 0.4) is 0 Å². The third-order valence-electron chi connectivity index (χ3n) is 5.94. The first-order valence-electron chi connectivity index (χ1n) is 12.5. The lowest BCUT2D eigenvalue weighted by molar-refractivity contribution is -0.132. The van der Waals surface area contributed by atoms with Gasteiger partial charge in [-0.05, 0) is 65.7 Å². The van der Waals surface area contributed by atoms with E-state index in [9.17, 15) is 9.59 Å². The van der Waals surface area contributed by atoms with Gasteiger partial charge in [0.15, 0.2) is 11.5 Å². The number of amides is 3. The number of nitrogens with one attached hydrogen (secondary N) is 1. The van der Waals surface area contributed by atoms with Gasteiger partial charge in [0, 0.05) is 23.7 Å². The van der Waals surface area contributed by atoms with Crippen LogP contribution < -0.4 is 19.5 Å². The number of carbonyl (C=O) groups excluding carboxylic acids is 2. The van der Waals surface area contributed by atoms with Crippen LogP contribution in [0.15, 0.2) is 60.0 Å². The highest BCUT2D eigenvalue weighted by Crippen LogP contribution is 2.28. The second-order valence-corrected chi connectivity index (χ2v) is 10.3. The number of carbonyl (C=O) groups is 2. The van der Waals surface area contributed by atoms with Gasteiger partial charge in [0.2, 0.25) is 5.91 Å². The highest BCUT2D eigenvalue weighted by Gasteiger charge is 2.23. The summed E-state index contributed by atoms with van der Waals surface area (Å²) < 4.78 is 16.0. The fourth-order valence-electron chi connectivity index (χ4n) is 3.98. The normalized spacial score (nSPS) is 10.7. The Bertz CT molecular complexity index is 1170. The fraction of sp³-hybridized carbons (Fsp3) is 0.379. The molecule has 204 valence electrons. The van der Waals surface area contributed by atoms with E-state index in [2.05, 4.69) is 5.32 Å². The Morgan fingerprint density at radius 1 is 0.921 bits per heavy atom. The molecule has 3 aromatic rings. The lowest BCUT2D eigenvalue weighted by Gasteiger charge is -2.29. The van der Waals surface area contributed by atoms with Gasteiger partial charge in [0.25, 0.3) is 0 Å². The lowest BCUT2D eigenvalue weighted by Crippen LogP contribution is -2.46. The number of hydrogen-bond donors (Lipinski definition) is 1. The third kappa shape index (κ3) is 8.41. The summed E-state index contributed by atoms with van der Waals surface area (Å²) in [6, 6.07) is 16.6. The largest absolute Gasteiger partial charge is 0.497 e. The molecule has 0 aliphatic heterocycles. The van der Waals surface area contributed by atoms with Crippen LogP contribution in [-0.4, -0.2) is 62.7 Å².